The van der Waals surface area contributed by atoms with E-state index in [1.54, 1.807) is 12.1 Å². The van der Waals surface area contributed by atoms with Gasteiger partial charge in [0.25, 0.3) is 4.06 Å². The van der Waals surface area contributed by atoms with E-state index in [-0.39, 0.29) is 4.06 Å². The van der Waals surface area contributed by atoms with Gasteiger partial charge in [0, 0.05) is 0 Å². The monoisotopic (exact) mass is 193 g/mol. The molecule has 0 saturated heterocycles. The second kappa shape index (κ2) is 2.70. The van der Waals surface area contributed by atoms with E-state index >= 15 is 0 Å². The van der Waals surface area contributed by atoms with E-state index in [0.717, 1.165) is 20.7 Å². The lowest BCUT2D eigenvalue weighted by atomic mass is 10.2. The van der Waals surface area contributed by atoms with Crippen LogP contribution in [-0.4, -0.2) is 0 Å². The van der Waals surface area contributed by atoms with Crippen molar-refractivity contribution < 1.29 is 0 Å². The number of nitriles is 1. The molecule has 0 atom stereocenters. The molecule has 58 valence electrons. The van der Waals surface area contributed by atoms with Crippen LogP contribution in [0.3, 0.4) is 0 Å². The molecule has 0 aliphatic carbocycles. The zero-order valence-electron chi connectivity index (χ0n) is 5.90. The number of fused-ring (bicyclic) bond motifs is 1. The van der Waals surface area contributed by atoms with Gasteiger partial charge in [-0.25, -0.2) is 0 Å². The van der Waals surface area contributed by atoms with Crippen LogP contribution in [-0.2, 0) is 0 Å². The highest BCUT2D eigenvalue weighted by Gasteiger charge is 2.03. The summed E-state index contributed by atoms with van der Waals surface area (Å²) in [7, 11) is 0. The number of nitrogens with zero attached hydrogens (tertiary/aromatic N) is 1. The van der Waals surface area contributed by atoms with Crippen molar-refractivity contribution in [2.24, 2.45) is 0 Å². The van der Waals surface area contributed by atoms with Crippen LogP contribution in [0.15, 0.2) is 23.0 Å². The number of hydrogen-bond acceptors (Lipinski definition) is 4. The zero-order valence-corrected chi connectivity index (χ0v) is 7.54. The first-order chi connectivity index (χ1) is 5.81. The van der Waals surface area contributed by atoms with Gasteiger partial charge < -0.3 is 0 Å². The van der Waals surface area contributed by atoms with E-state index in [1.165, 1.54) is 11.3 Å². The summed E-state index contributed by atoms with van der Waals surface area (Å²) in [6, 6.07) is 7.44. The van der Waals surface area contributed by atoms with Crippen LogP contribution in [0.25, 0.3) is 9.40 Å². The second-order valence-electron chi connectivity index (χ2n) is 2.20. The Morgan fingerprint density at radius 1 is 1.33 bits per heavy atom. The van der Waals surface area contributed by atoms with Gasteiger partial charge >= 0.3 is 0 Å². The van der Waals surface area contributed by atoms with Gasteiger partial charge in [-0.1, -0.05) is 28.7 Å². The lowest BCUT2D eigenvalue weighted by molar-refractivity contribution is 1.51. The van der Waals surface area contributed by atoms with E-state index in [4.69, 9.17) is 5.26 Å². The molecule has 0 aliphatic heterocycles. The SMILES string of the molecule is N#Cc1cccc2sc(=O)sc12. The Morgan fingerprint density at radius 2 is 2.17 bits per heavy atom. The fraction of sp³-hybridized carbons (Fsp3) is 0. The van der Waals surface area contributed by atoms with E-state index in [1.807, 2.05) is 6.07 Å². The van der Waals surface area contributed by atoms with Crippen molar-refractivity contribution in [1.82, 2.24) is 0 Å². The molecule has 0 radical (unpaired) electrons. The summed E-state index contributed by atoms with van der Waals surface area (Å²) >= 11 is 2.34. The van der Waals surface area contributed by atoms with Crippen molar-refractivity contribution in [3.05, 3.63) is 32.6 Å². The highest BCUT2D eigenvalue weighted by molar-refractivity contribution is 7.35. The summed E-state index contributed by atoms with van der Waals surface area (Å²) in [5.41, 5.74) is 0.593. The smallest absolute Gasteiger partial charge is 0.265 e. The van der Waals surface area contributed by atoms with Gasteiger partial charge in [0.05, 0.1) is 15.0 Å². The number of rotatable bonds is 0. The van der Waals surface area contributed by atoms with Crippen LogP contribution in [0.5, 0.6) is 0 Å². The average Bonchev–Trinajstić information content (AvgIpc) is 2.44. The Bertz CT molecular complexity index is 518. The summed E-state index contributed by atoms with van der Waals surface area (Å²) in [5.74, 6) is 0. The minimum atomic E-state index is 0.0488. The highest BCUT2D eigenvalue weighted by atomic mass is 32.2. The third kappa shape index (κ3) is 1.04. The Labute approximate surface area is 76.3 Å². The summed E-state index contributed by atoms with van der Waals surface area (Å²) < 4.78 is 1.77. The van der Waals surface area contributed by atoms with Crippen molar-refractivity contribution in [2.45, 2.75) is 0 Å². The Hall–Kier alpha value is -1.18. The minimum absolute atomic E-state index is 0.0488. The van der Waals surface area contributed by atoms with E-state index in [0.29, 0.717) is 5.56 Å². The molecule has 1 heterocycles. The van der Waals surface area contributed by atoms with Gasteiger partial charge in [-0.05, 0) is 12.1 Å². The molecule has 0 unspecified atom stereocenters. The van der Waals surface area contributed by atoms with Crippen LogP contribution >= 0.6 is 22.7 Å². The number of hydrogen-bond donors (Lipinski definition) is 0. The van der Waals surface area contributed by atoms with Gasteiger partial charge in [-0.15, -0.1) is 0 Å². The largest absolute Gasteiger partial charge is 0.288 e. The normalized spacial score (nSPS) is 9.92. The molecule has 0 bridgehead atoms. The Kier molecular flexibility index (Phi) is 1.68. The van der Waals surface area contributed by atoms with Crippen LogP contribution in [0.1, 0.15) is 5.56 Å². The third-order valence-electron chi connectivity index (χ3n) is 1.48. The van der Waals surface area contributed by atoms with Crippen molar-refractivity contribution in [2.75, 3.05) is 0 Å². The van der Waals surface area contributed by atoms with Crippen LogP contribution in [0.4, 0.5) is 0 Å². The zero-order chi connectivity index (χ0) is 8.55. The van der Waals surface area contributed by atoms with E-state index in [9.17, 15) is 4.79 Å². The molecule has 2 rings (SSSR count). The molecule has 4 heteroatoms. The van der Waals surface area contributed by atoms with Crippen LogP contribution < -0.4 is 4.06 Å². The Morgan fingerprint density at radius 3 is 2.92 bits per heavy atom. The topological polar surface area (TPSA) is 40.9 Å². The van der Waals surface area contributed by atoms with E-state index < -0.39 is 0 Å². The molecule has 0 fully saturated rings. The molecule has 1 aromatic carbocycles. The Balaban J connectivity index is 2.99. The lowest BCUT2D eigenvalue weighted by Gasteiger charge is -1.87. The van der Waals surface area contributed by atoms with Gasteiger partial charge in [-0.3, -0.25) is 4.79 Å². The second-order valence-corrected chi connectivity index (χ2v) is 4.46. The predicted molar refractivity (Wildman–Crippen MR) is 50.7 cm³/mol. The first-order valence-corrected chi connectivity index (χ1v) is 4.87. The molecule has 0 N–H and O–H groups in total. The summed E-state index contributed by atoms with van der Waals surface area (Å²) in [6.07, 6.45) is 0. The van der Waals surface area contributed by atoms with Crippen molar-refractivity contribution in [1.29, 1.82) is 5.26 Å². The maximum absolute atomic E-state index is 11.0. The van der Waals surface area contributed by atoms with Gasteiger partial charge in [-0.2, -0.15) is 5.26 Å². The maximum Gasteiger partial charge on any atom is 0.288 e. The lowest BCUT2D eigenvalue weighted by Crippen LogP contribution is -1.74. The molecule has 2 aromatic rings. The maximum atomic E-state index is 11.0. The number of benzene rings is 1. The molecule has 1 aromatic heterocycles. The van der Waals surface area contributed by atoms with Crippen LogP contribution in [0.2, 0.25) is 0 Å². The first-order valence-electron chi connectivity index (χ1n) is 3.24. The fourth-order valence-electron chi connectivity index (χ4n) is 0.983. The molecule has 0 spiro atoms. The van der Waals surface area contributed by atoms with Crippen LogP contribution in [0, 0.1) is 11.3 Å². The quantitative estimate of drug-likeness (QED) is 0.643. The van der Waals surface area contributed by atoms with E-state index in [2.05, 4.69) is 6.07 Å². The predicted octanol–water partition coefficient (Wildman–Crippen LogP) is 2.19. The molecule has 0 amide bonds. The standard InChI is InChI=1S/C8H3NOS2/c9-4-5-2-1-3-6-7(5)12-8(10)11-6/h1-3H. The summed E-state index contributed by atoms with van der Waals surface area (Å²) in [4.78, 5) is 11.0. The molecular formula is C8H3NOS2. The molecule has 0 saturated carbocycles. The van der Waals surface area contributed by atoms with Gasteiger partial charge in [0.1, 0.15) is 6.07 Å². The molecule has 0 aliphatic rings. The van der Waals surface area contributed by atoms with Gasteiger partial charge in [0.2, 0.25) is 0 Å². The molecule has 12 heavy (non-hydrogen) atoms. The molecular weight excluding hydrogens is 190 g/mol. The van der Waals surface area contributed by atoms with Gasteiger partial charge in [0.15, 0.2) is 0 Å². The van der Waals surface area contributed by atoms with Crippen molar-refractivity contribution in [3.63, 3.8) is 0 Å². The average molecular weight is 193 g/mol. The fourth-order valence-corrected chi connectivity index (χ4v) is 3.01. The first kappa shape index (κ1) is 7.47. The highest BCUT2D eigenvalue weighted by Crippen LogP contribution is 2.23. The van der Waals surface area contributed by atoms with Crippen molar-refractivity contribution >= 4 is 32.1 Å². The summed E-state index contributed by atoms with van der Waals surface area (Å²) in [6.45, 7) is 0. The van der Waals surface area contributed by atoms with Crippen molar-refractivity contribution in [3.8, 4) is 6.07 Å². The molecule has 2 nitrogen and oxygen atoms in total. The summed E-state index contributed by atoms with van der Waals surface area (Å²) in [5, 5.41) is 8.70. The minimum Gasteiger partial charge on any atom is -0.265 e. The third-order valence-corrected chi connectivity index (χ3v) is 3.64.